The number of phenols is 2. The predicted molar refractivity (Wildman–Crippen MR) is 201 cm³/mol. The Kier molecular flexibility index (Phi) is 17.8. The van der Waals surface area contributed by atoms with Gasteiger partial charge >= 0.3 is 6.03 Å². The highest BCUT2D eigenvalue weighted by Crippen LogP contribution is 2.35. The zero-order valence-corrected chi connectivity index (χ0v) is 30.9. The molecular formula is C37H51N5O4S2. The van der Waals surface area contributed by atoms with Gasteiger partial charge in [0.25, 0.3) is 0 Å². The van der Waals surface area contributed by atoms with E-state index in [0.29, 0.717) is 29.7 Å². The summed E-state index contributed by atoms with van der Waals surface area (Å²) < 4.78 is 10.6. The van der Waals surface area contributed by atoms with Crippen LogP contribution in [0.15, 0.2) is 83.3 Å². The summed E-state index contributed by atoms with van der Waals surface area (Å²) in [4.78, 5) is 19.6. The Bertz CT molecular complexity index is 1410. The molecule has 2 amide bonds. The van der Waals surface area contributed by atoms with Gasteiger partial charge in [0.05, 0.1) is 23.7 Å². The van der Waals surface area contributed by atoms with Crippen molar-refractivity contribution >= 4 is 35.6 Å². The summed E-state index contributed by atoms with van der Waals surface area (Å²) >= 11 is 3.25. The highest BCUT2D eigenvalue weighted by molar-refractivity contribution is 7.99. The van der Waals surface area contributed by atoms with Gasteiger partial charge in [-0.15, -0.1) is 0 Å². The van der Waals surface area contributed by atoms with E-state index in [2.05, 4.69) is 21.6 Å². The van der Waals surface area contributed by atoms with E-state index in [-0.39, 0.29) is 11.4 Å². The molecule has 5 rings (SSSR count). The molecular weight excluding hydrogens is 643 g/mol. The molecule has 0 aliphatic carbocycles. The Labute approximate surface area is 295 Å². The van der Waals surface area contributed by atoms with E-state index in [1.54, 1.807) is 53.4 Å². The lowest BCUT2D eigenvalue weighted by atomic mass is 9.85. The number of carbonyl (C=O) groups excluding carboxylic acids is 1. The molecule has 0 bridgehead atoms. The van der Waals surface area contributed by atoms with Crippen molar-refractivity contribution in [3.8, 4) is 23.3 Å². The minimum absolute atomic E-state index is 0.00496. The second-order valence-electron chi connectivity index (χ2n) is 11.1. The van der Waals surface area contributed by atoms with Gasteiger partial charge in [0.15, 0.2) is 5.84 Å². The average molecular weight is 694 g/mol. The first-order chi connectivity index (χ1) is 23.1. The van der Waals surface area contributed by atoms with Crippen LogP contribution in [-0.2, 0) is 5.41 Å². The van der Waals surface area contributed by atoms with Gasteiger partial charge in [0.2, 0.25) is 0 Å². The number of rotatable bonds is 7. The second-order valence-corrected chi connectivity index (χ2v) is 13.2. The summed E-state index contributed by atoms with van der Waals surface area (Å²) in [5.74, 6) is 3.04. The summed E-state index contributed by atoms with van der Waals surface area (Å²) in [6.45, 7) is 16.5. The van der Waals surface area contributed by atoms with Gasteiger partial charge in [-0.3, -0.25) is 9.80 Å². The molecule has 1 unspecified atom stereocenters. The van der Waals surface area contributed by atoms with E-state index in [4.69, 9.17) is 14.9 Å². The number of phenolic OH excluding ortho intramolecular Hbond substituents is 2. The summed E-state index contributed by atoms with van der Waals surface area (Å²) in [5.41, 5.74) is 1.04. The number of aromatic hydroxyl groups is 2. The molecule has 2 N–H and O–H groups in total. The van der Waals surface area contributed by atoms with Crippen LogP contribution < -0.4 is 4.74 Å². The molecule has 48 heavy (non-hydrogen) atoms. The minimum Gasteiger partial charge on any atom is -0.508 e. The maximum atomic E-state index is 13.5. The lowest BCUT2D eigenvalue weighted by Gasteiger charge is -2.37. The van der Waals surface area contributed by atoms with Gasteiger partial charge in [-0.05, 0) is 75.9 Å². The SMILES string of the molecule is CC.CCOc1cc(C(C)(C)C#N)ccc1C1=NSC(C)N1C(=O)N1CCN(CCSC)CC1.Oc1ccccc1.Oc1ccccc1. The number of ether oxygens (including phenoxy) is 1. The maximum Gasteiger partial charge on any atom is 0.326 e. The molecule has 2 heterocycles. The van der Waals surface area contributed by atoms with Gasteiger partial charge in [0.1, 0.15) is 22.6 Å². The van der Waals surface area contributed by atoms with E-state index in [0.717, 1.165) is 49.6 Å². The first kappa shape index (κ1) is 40.3. The Morgan fingerprint density at radius 3 is 2.02 bits per heavy atom. The van der Waals surface area contributed by atoms with Gasteiger partial charge in [-0.25, -0.2) is 4.79 Å². The van der Waals surface area contributed by atoms with Crippen LogP contribution in [0.25, 0.3) is 0 Å². The molecule has 0 radical (unpaired) electrons. The molecule has 2 aliphatic heterocycles. The quantitative estimate of drug-likeness (QED) is 0.241. The van der Waals surface area contributed by atoms with Crippen LogP contribution in [0.3, 0.4) is 0 Å². The number of urea groups is 1. The number of hydrogen-bond acceptors (Lipinski definition) is 9. The van der Waals surface area contributed by atoms with E-state index in [1.807, 2.05) is 88.5 Å². The van der Waals surface area contributed by atoms with Crippen LogP contribution >= 0.6 is 23.7 Å². The first-order valence-electron chi connectivity index (χ1n) is 16.3. The van der Waals surface area contributed by atoms with E-state index in [9.17, 15) is 10.1 Å². The smallest absolute Gasteiger partial charge is 0.326 e. The molecule has 1 saturated heterocycles. The third-order valence-corrected chi connectivity index (χ3v) is 8.77. The van der Waals surface area contributed by atoms with Gasteiger partial charge in [-0.1, -0.05) is 56.3 Å². The average Bonchev–Trinajstić information content (AvgIpc) is 3.50. The number of amides is 2. The molecule has 3 aromatic carbocycles. The third kappa shape index (κ3) is 12.3. The monoisotopic (exact) mass is 693 g/mol. The molecule has 11 heteroatoms. The van der Waals surface area contributed by atoms with Crippen molar-refractivity contribution in [2.24, 2.45) is 4.40 Å². The van der Waals surface area contributed by atoms with Crippen molar-refractivity contribution in [1.82, 2.24) is 14.7 Å². The van der Waals surface area contributed by atoms with E-state index >= 15 is 0 Å². The number of amidine groups is 1. The molecule has 0 aromatic heterocycles. The number of thioether (sulfide) groups is 1. The fourth-order valence-electron chi connectivity index (χ4n) is 4.64. The first-order valence-corrected chi connectivity index (χ1v) is 18.5. The zero-order valence-electron chi connectivity index (χ0n) is 29.3. The van der Waals surface area contributed by atoms with Gasteiger partial charge in [0, 0.05) is 50.4 Å². The fourth-order valence-corrected chi connectivity index (χ4v) is 5.81. The number of nitriles is 1. The van der Waals surface area contributed by atoms with Crippen LogP contribution in [0.4, 0.5) is 4.79 Å². The standard InChI is InChI=1S/C23H33N5O2S2.2C6H6O.C2H6/c1-6-30-20-15-18(23(3,4)16-24)7-8-19(20)21-25-32-17(2)28(21)22(29)27-11-9-26(10-12-27)13-14-31-5;2*7-6-4-2-1-3-5-6;1-2/h7-8,15,17H,6,9-14H2,1-5H3;2*1-5,7H;1-2H3. The number of nitrogens with zero attached hydrogens (tertiary/aromatic N) is 5. The Balaban J connectivity index is 0.000000406. The normalized spacial score (nSPS) is 15.7. The van der Waals surface area contributed by atoms with E-state index in [1.165, 1.54) is 11.9 Å². The number of hydrogen-bond donors (Lipinski definition) is 2. The highest BCUT2D eigenvalue weighted by atomic mass is 32.2. The van der Waals surface area contributed by atoms with Crippen molar-refractivity contribution in [3.63, 3.8) is 0 Å². The van der Waals surface area contributed by atoms with Gasteiger partial charge < -0.3 is 19.8 Å². The number of para-hydroxylation sites is 2. The van der Waals surface area contributed by atoms with Crippen LogP contribution in [0, 0.1) is 11.3 Å². The second kappa shape index (κ2) is 21.2. The summed E-state index contributed by atoms with van der Waals surface area (Å²) in [5, 5.41) is 26.7. The Morgan fingerprint density at radius 1 is 1.00 bits per heavy atom. The van der Waals surface area contributed by atoms with Crippen molar-refractivity contribution < 1.29 is 19.7 Å². The number of piperazine rings is 1. The molecule has 3 aromatic rings. The molecule has 1 fully saturated rings. The topological polar surface area (TPSA) is 113 Å². The number of carbonyl (C=O) groups is 1. The van der Waals surface area contributed by atoms with Crippen LogP contribution in [-0.4, -0.2) is 93.5 Å². The van der Waals surface area contributed by atoms with E-state index < -0.39 is 5.41 Å². The lowest BCUT2D eigenvalue weighted by Crippen LogP contribution is -2.54. The highest BCUT2D eigenvalue weighted by Gasteiger charge is 2.37. The molecule has 9 nitrogen and oxygen atoms in total. The van der Waals surface area contributed by atoms with Crippen LogP contribution in [0.5, 0.6) is 17.2 Å². The molecule has 260 valence electrons. The molecule has 0 spiro atoms. The Hall–Kier alpha value is -3.85. The van der Waals surface area contributed by atoms with Crippen LogP contribution in [0.2, 0.25) is 0 Å². The van der Waals surface area contributed by atoms with Crippen molar-refractivity contribution in [2.75, 3.05) is 51.3 Å². The largest absolute Gasteiger partial charge is 0.508 e. The van der Waals surface area contributed by atoms with Crippen molar-refractivity contribution in [3.05, 3.63) is 90.0 Å². The summed E-state index contributed by atoms with van der Waals surface area (Å²) in [7, 11) is 0. The third-order valence-electron chi connectivity index (χ3n) is 7.38. The summed E-state index contributed by atoms with van der Waals surface area (Å²) in [6.07, 6.45) is 2.12. The zero-order chi connectivity index (χ0) is 35.5. The van der Waals surface area contributed by atoms with Crippen molar-refractivity contribution in [2.45, 2.75) is 52.3 Å². The number of benzene rings is 3. The summed E-state index contributed by atoms with van der Waals surface area (Å²) in [6, 6.07) is 25.5. The maximum absolute atomic E-state index is 13.5. The van der Waals surface area contributed by atoms with Gasteiger partial charge in [-0.2, -0.15) is 21.4 Å². The Morgan fingerprint density at radius 2 is 1.56 bits per heavy atom. The fraction of sp³-hybridized carbons (Fsp3) is 0.432. The molecule has 2 aliphatic rings. The lowest BCUT2D eigenvalue weighted by molar-refractivity contribution is 0.129. The molecule has 0 saturated carbocycles. The van der Waals surface area contributed by atoms with Crippen LogP contribution in [0.1, 0.15) is 52.7 Å². The van der Waals surface area contributed by atoms with Crippen molar-refractivity contribution in [1.29, 1.82) is 5.26 Å². The molecule has 1 atom stereocenters. The minimum atomic E-state index is -0.630. The predicted octanol–water partition coefficient (Wildman–Crippen LogP) is 7.85.